The third-order valence-electron chi connectivity index (χ3n) is 4.39. The molecule has 2 saturated heterocycles. The van der Waals surface area contributed by atoms with Crippen LogP contribution in [0.1, 0.15) is 6.42 Å². The summed E-state index contributed by atoms with van der Waals surface area (Å²) in [5.74, 6) is 0. The molecule has 0 unspecified atom stereocenters. The summed E-state index contributed by atoms with van der Waals surface area (Å²) in [6, 6.07) is 6.45. The topological polar surface area (TPSA) is 96.9 Å². The average molecular weight is 333 g/mol. The molecule has 3 rings (SSSR count). The Bertz CT molecular complexity index is 623. The van der Waals surface area contributed by atoms with Gasteiger partial charge in [-0.3, -0.25) is 4.90 Å². The first-order valence-corrected chi connectivity index (χ1v) is 8.13. The van der Waals surface area contributed by atoms with Gasteiger partial charge in [-0.1, -0.05) is 6.07 Å². The Kier molecular flexibility index (Phi) is 4.86. The molecule has 2 atom stereocenters. The lowest BCUT2D eigenvalue weighted by Crippen LogP contribution is -2.54. The summed E-state index contributed by atoms with van der Waals surface area (Å²) in [5, 5.41) is 18.6. The number of aliphatic hydroxyl groups excluding tert-OH is 1. The molecule has 0 aromatic heterocycles. The highest BCUT2D eigenvalue weighted by Crippen LogP contribution is 2.23. The minimum absolute atomic E-state index is 0.0481. The lowest BCUT2D eigenvalue weighted by molar-refractivity contribution is 0.103. The van der Waals surface area contributed by atoms with E-state index in [1.165, 1.54) is 0 Å². The average Bonchev–Trinajstić information content (AvgIpc) is 2.89. The maximum absolute atomic E-state index is 12.1. The summed E-state index contributed by atoms with van der Waals surface area (Å²) in [5.41, 5.74) is 1.35. The number of likely N-dealkylation sites (N-methyl/N-ethyl adjacent to an activating group) is 1. The number of carbonyl (C=O) groups is 2. The van der Waals surface area contributed by atoms with Gasteiger partial charge in [0.25, 0.3) is 0 Å². The van der Waals surface area contributed by atoms with Gasteiger partial charge in [0.05, 0.1) is 12.1 Å². The summed E-state index contributed by atoms with van der Waals surface area (Å²) in [4.78, 5) is 27.5. The molecule has 2 aliphatic rings. The molecule has 0 spiro atoms. The van der Waals surface area contributed by atoms with E-state index in [4.69, 9.17) is 0 Å². The summed E-state index contributed by atoms with van der Waals surface area (Å²) in [6.45, 7) is 2.61. The van der Waals surface area contributed by atoms with Gasteiger partial charge in [-0.15, -0.1) is 0 Å². The van der Waals surface area contributed by atoms with Crippen LogP contribution < -0.4 is 20.9 Å². The van der Waals surface area contributed by atoms with Gasteiger partial charge >= 0.3 is 12.1 Å². The SMILES string of the molecule is CN1CCN(c2cccc(NC(=O)N[C@@H]3CNCC[C@H]3O)c2)C1=O. The molecule has 0 bridgehead atoms. The number of amides is 4. The first kappa shape index (κ1) is 16.5. The molecule has 1 aromatic rings. The van der Waals surface area contributed by atoms with Crippen LogP contribution in [-0.2, 0) is 0 Å². The monoisotopic (exact) mass is 333 g/mol. The summed E-state index contributed by atoms with van der Waals surface area (Å²) < 4.78 is 0. The molecular weight excluding hydrogens is 310 g/mol. The second-order valence-electron chi connectivity index (χ2n) is 6.17. The van der Waals surface area contributed by atoms with Crippen molar-refractivity contribution < 1.29 is 14.7 Å². The molecule has 4 N–H and O–H groups in total. The maximum atomic E-state index is 12.1. The lowest BCUT2D eigenvalue weighted by atomic mass is 10.0. The van der Waals surface area contributed by atoms with Crippen LogP contribution in [0.5, 0.6) is 0 Å². The number of hydrogen-bond acceptors (Lipinski definition) is 4. The number of carbonyl (C=O) groups excluding carboxylic acids is 2. The Morgan fingerprint density at radius 1 is 1.38 bits per heavy atom. The smallest absolute Gasteiger partial charge is 0.324 e. The number of piperidine rings is 1. The number of nitrogens with one attached hydrogen (secondary N) is 3. The predicted molar refractivity (Wildman–Crippen MR) is 91.2 cm³/mol. The quantitative estimate of drug-likeness (QED) is 0.644. The largest absolute Gasteiger partial charge is 0.391 e. The minimum Gasteiger partial charge on any atom is -0.391 e. The highest BCUT2D eigenvalue weighted by atomic mass is 16.3. The molecule has 0 saturated carbocycles. The van der Waals surface area contributed by atoms with Crippen molar-refractivity contribution in [2.75, 3.05) is 43.4 Å². The normalized spacial score (nSPS) is 24.2. The van der Waals surface area contributed by atoms with E-state index >= 15 is 0 Å². The van der Waals surface area contributed by atoms with Crippen LogP contribution in [0, 0.1) is 0 Å². The minimum atomic E-state index is -0.541. The highest BCUT2D eigenvalue weighted by Gasteiger charge is 2.27. The van der Waals surface area contributed by atoms with Crippen molar-refractivity contribution in [3.05, 3.63) is 24.3 Å². The third kappa shape index (κ3) is 3.60. The van der Waals surface area contributed by atoms with Crippen LogP contribution in [0.3, 0.4) is 0 Å². The first-order valence-electron chi connectivity index (χ1n) is 8.13. The van der Waals surface area contributed by atoms with Crippen molar-refractivity contribution in [3.63, 3.8) is 0 Å². The Hall–Kier alpha value is -2.32. The molecule has 2 aliphatic heterocycles. The van der Waals surface area contributed by atoms with E-state index in [-0.39, 0.29) is 18.1 Å². The van der Waals surface area contributed by atoms with Crippen LogP contribution in [0.25, 0.3) is 0 Å². The number of benzene rings is 1. The molecule has 0 aliphatic carbocycles. The molecule has 8 nitrogen and oxygen atoms in total. The van der Waals surface area contributed by atoms with E-state index in [2.05, 4.69) is 16.0 Å². The van der Waals surface area contributed by atoms with Crippen molar-refractivity contribution in [2.24, 2.45) is 0 Å². The highest BCUT2D eigenvalue weighted by molar-refractivity contribution is 5.95. The number of urea groups is 2. The number of rotatable bonds is 3. The summed E-state index contributed by atoms with van der Waals surface area (Å²) in [6.07, 6.45) is 0.0754. The van der Waals surface area contributed by atoms with Crippen molar-refractivity contribution in [2.45, 2.75) is 18.6 Å². The maximum Gasteiger partial charge on any atom is 0.324 e. The van der Waals surface area contributed by atoms with Crippen molar-refractivity contribution in [1.82, 2.24) is 15.5 Å². The molecule has 1 aromatic carbocycles. The zero-order chi connectivity index (χ0) is 17.1. The van der Waals surface area contributed by atoms with Crippen molar-refractivity contribution in [1.29, 1.82) is 0 Å². The van der Waals surface area contributed by atoms with Crippen LogP contribution in [-0.4, -0.2) is 67.4 Å². The van der Waals surface area contributed by atoms with Gasteiger partial charge < -0.3 is 26.0 Å². The first-order chi connectivity index (χ1) is 11.5. The third-order valence-corrected chi connectivity index (χ3v) is 4.39. The van der Waals surface area contributed by atoms with E-state index in [1.807, 2.05) is 6.07 Å². The van der Waals surface area contributed by atoms with Crippen molar-refractivity contribution >= 4 is 23.4 Å². The molecule has 130 valence electrons. The molecular formula is C16H23N5O3. The lowest BCUT2D eigenvalue weighted by Gasteiger charge is -2.29. The number of anilines is 2. The van der Waals surface area contributed by atoms with Crippen LogP contribution in [0.4, 0.5) is 21.0 Å². The Balaban J connectivity index is 1.62. The Labute approximate surface area is 140 Å². The van der Waals surface area contributed by atoms with E-state index in [9.17, 15) is 14.7 Å². The molecule has 0 radical (unpaired) electrons. The number of hydrogen-bond donors (Lipinski definition) is 4. The van der Waals surface area contributed by atoms with Crippen molar-refractivity contribution in [3.8, 4) is 0 Å². The van der Waals surface area contributed by atoms with Gasteiger partial charge in [-0.2, -0.15) is 0 Å². The zero-order valence-corrected chi connectivity index (χ0v) is 13.7. The van der Waals surface area contributed by atoms with E-state index < -0.39 is 6.10 Å². The van der Waals surface area contributed by atoms with E-state index in [1.54, 1.807) is 35.0 Å². The Morgan fingerprint density at radius 2 is 2.21 bits per heavy atom. The van der Waals surface area contributed by atoms with E-state index in [0.29, 0.717) is 31.7 Å². The van der Waals surface area contributed by atoms with Gasteiger partial charge in [0.15, 0.2) is 0 Å². The molecule has 4 amide bonds. The van der Waals surface area contributed by atoms with Gasteiger partial charge in [0.2, 0.25) is 0 Å². The molecule has 2 heterocycles. The van der Waals surface area contributed by atoms with Crippen LogP contribution in [0.15, 0.2) is 24.3 Å². The number of aliphatic hydroxyl groups is 1. The second kappa shape index (κ2) is 7.06. The van der Waals surface area contributed by atoms with E-state index in [0.717, 1.165) is 12.2 Å². The second-order valence-corrected chi connectivity index (χ2v) is 6.17. The predicted octanol–water partition coefficient (Wildman–Crippen LogP) is 0.403. The molecule has 8 heteroatoms. The summed E-state index contributed by atoms with van der Waals surface area (Å²) in [7, 11) is 1.77. The summed E-state index contributed by atoms with van der Waals surface area (Å²) >= 11 is 0. The van der Waals surface area contributed by atoms with Crippen LogP contribution in [0.2, 0.25) is 0 Å². The number of nitrogens with zero attached hydrogens (tertiary/aromatic N) is 2. The van der Waals surface area contributed by atoms with Gasteiger partial charge in [-0.25, -0.2) is 9.59 Å². The fourth-order valence-corrected chi connectivity index (χ4v) is 2.97. The molecule has 24 heavy (non-hydrogen) atoms. The fourth-order valence-electron chi connectivity index (χ4n) is 2.97. The van der Waals surface area contributed by atoms with Gasteiger partial charge in [-0.05, 0) is 31.2 Å². The van der Waals surface area contributed by atoms with Gasteiger partial charge in [0, 0.05) is 38.1 Å². The fraction of sp³-hybridized carbons (Fsp3) is 0.500. The van der Waals surface area contributed by atoms with Crippen LogP contribution >= 0.6 is 0 Å². The molecule has 2 fully saturated rings. The van der Waals surface area contributed by atoms with Gasteiger partial charge in [0.1, 0.15) is 0 Å². The Morgan fingerprint density at radius 3 is 2.92 bits per heavy atom. The standard InChI is InChI=1S/C16H23N5O3/c1-20-7-8-21(16(20)24)12-4-2-3-11(9-12)18-15(23)19-13-10-17-6-5-14(13)22/h2-4,9,13-14,17,22H,5-8,10H2,1H3,(H2,18,19,23)/t13-,14-/m1/s1. The zero-order valence-electron chi connectivity index (χ0n) is 13.7.